The molecule has 1 amide bonds. The highest BCUT2D eigenvalue weighted by atomic mass is 16.5. The quantitative estimate of drug-likeness (QED) is 0.600. The molecule has 29 heavy (non-hydrogen) atoms. The summed E-state index contributed by atoms with van der Waals surface area (Å²) in [6.45, 7) is 1.85. The third-order valence-corrected chi connectivity index (χ3v) is 4.48. The molecule has 0 spiro atoms. The topological polar surface area (TPSA) is 97.5 Å². The van der Waals surface area contributed by atoms with E-state index in [1.54, 1.807) is 43.3 Å². The van der Waals surface area contributed by atoms with E-state index in [-0.39, 0.29) is 18.6 Å². The number of ether oxygens (including phenoxy) is 2. The Morgan fingerprint density at radius 3 is 2.52 bits per heavy atom. The summed E-state index contributed by atoms with van der Waals surface area (Å²) in [5.74, 6) is -0.420. The van der Waals surface area contributed by atoms with Crippen molar-refractivity contribution in [1.82, 2.24) is 10.3 Å². The summed E-state index contributed by atoms with van der Waals surface area (Å²) < 4.78 is 10.2. The fraction of sp³-hybridized carbons (Fsp3) is 0.227. The van der Waals surface area contributed by atoms with Crippen LogP contribution in [0.2, 0.25) is 0 Å². The van der Waals surface area contributed by atoms with Crippen LogP contribution >= 0.6 is 0 Å². The van der Waals surface area contributed by atoms with Crippen molar-refractivity contribution >= 4 is 22.8 Å². The summed E-state index contributed by atoms with van der Waals surface area (Å²) in [7, 11) is 1.53. The zero-order valence-corrected chi connectivity index (χ0v) is 16.2. The number of aromatic nitrogens is 1. The summed E-state index contributed by atoms with van der Waals surface area (Å²) in [5, 5.41) is 3.51. The zero-order chi connectivity index (χ0) is 20.8. The van der Waals surface area contributed by atoms with Crippen molar-refractivity contribution < 1.29 is 19.1 Å². The first-order valence-electron chi connectivity index (χ1n) is 9.24. The highest BCUT2D eigenvalue weighted by Crippen LogP contribution is 2.13. The summed E-state index contributed by atoms with van der Waals surface area (Å²) in [6.07, 6.45) is 0.0148. The van der Waals surface area contributed by atoms with Gasteiger partial charge in [-0.2, -0.15) is 0 Å². The zero-order valence-electron chi connectivity index (χ0n) is 16.2. The molecule has 7 heteroatoms. The summed E-state index contributed by atoms with van der Waals surface area (Å²) in [5.41, 5.74) is 1.15. The molecule has 150 valence electrons. The monoisotopic (exact) mass is 394 g/mol. The number of rotatable bonds is 7. The molecule has 0 aliphatic heterocycles. The van der Waals surface area contributed by atoms with E-state index in [9.17, 15) is 14.4 Å². The predicted molar refractivity (Wildman–Crippen MR) is 109 cm³/mol. The molecule has 1 aromatic heterocycles. The summed E-state index contributed by atoms with van der Waals surface area (Å²) in [4.78, 5) is 40.3. The number of carbonyl (C=O) groups excluding carboxylic acids is 2. The minimum Gasteiger partial charge on any atom is -0.497 e. The Kier molecular flexibility index (Phi) is 6.29. The Balaban J connectivity index is 1.85. The number of pyridine rings is 1. The molecule has 3 aromatic rings. The van der Waals surface area contributed by atoms with Crippen LogP contribution in [0, 0.1) is 0 Å². The lowest BCUT2D eigenvalue weighted by molar-refractivity contribution is -0.145. The molecule has 0 radical (unpaired) electrons. The van der Waals surface area contributed by atoms with Gasteiger partial charge in [0.25, 0.3) is 11.5 Å². The number of H-pyrrole nitrogens is 1. The van der Waals surface area contributed by atoms with Crippen molar-refractivity contribution in [2.45, 2.75) is 19.4 Å². The highest BCUT2D eigenvalue weighted by molar-refractivity contribution is 5.97. The molecular formula is C22H22N2O5. The minimum absolute atomic E-state index is 0.0148. The third kappa shape index (κ3) is 4.82. The van der Waals surface area contributed by atoms with Crippen LogP contribution in [-0.2, 0) is 16.0 Å². The van der Waals surface area contributed by atoms with E-state index in [1.807, 2.05) is 18.2 Å². The Bertz CT molecular complexity index is 1070. The molecule has 1 atom stereocenters. The second-order valence-corrected chi connectivity index (χ2v) is 6.42. The molecule has 2 aromatic carbocycles. The van der Waals surface area contributed by atoms with Gasteiger partial charge >= 0.3 is 5.97 Å². The molecule has 0 saturated heterocycles. The third-order valence-electron chi connectivity index (χ3n) is 4.48. The van der Waals surface area contributed by atoms with Gasteiger partial charge in [0, 0.05) is 23.1 Å². The Morgan fingerprint density at radius 1 is 1.10 bits per heavy atom. The van der Waals surface area contributed by atoms with Crippen LogP contribution in [0.3, 0.4) is 0 Å². The first-order valence-corrected chi connectivity index (χ1v) is 9.24. The smallest absolute Gasteiger partial charge is 0.328 e. The Hall–Kier alpha value is -3.61. The Labute approximate surface area is 167 Å². The van der Waals surface area contributed by atoms with Gasteiger partial charge in [0.05, 0.1) is 13.7 Å². The van der Waals surface area contributed by atoms with E-state index in [0.717, 1.165) is 5.39 Å². The van der Waals surface area contributed by atoms with Crippen LogP contribution in [0.15, 0.2) is 59.4 Å². The molecule has 0 aliphatic carbocycles. The van der Waals surface area contributed by atoms with E-state index >= 15 is 0 Å². The van der Waals surface area contributed by atoms with Gasteiger partial charge in [-0.25, -0.2) is 4.79 Å². The number of hydrogen-bond donors (Lipinski definition) is 2. The van der Waals surface area contributed by atoms with Crippen LogP contribution in [0.4, 0.5) is 0 Å². The number of aromatic amines is 1. The fourth-order valence-electron chi connectivity index (χ4n) is 2.98. The normalized spacial score (nSPS) is 11.7. The van der Waals surface area contributed by atoms with Gasteiger partial charge in [0.15, 0.2) is 0 Å². The van der Waals surface area contributed by atoms with Crippen LogP contribution in [0.25, 0.3) is 10.9 Å². The predicted octanol–water partition coefficient (Wildman–Crippen LogP) is 2.44. The average Bonchev–Trinajstić information content (AvgIpc) is 2.73. The molecule has 7 nitrogen and oxygen atoms in total. The molecule has 3 rings (SSSR count). The van der Waals surface area contributed by atoms with Crippen LogP contribution in [-0.4, -0.2) is 36.6 Å². The number of esters is 1. The number of benzene rings is 2. The van der Waals surface area contributed by atoms with Crippen molar-refractivity contribution in [3.63, 3.8) is 0 Å². The van der Waals surface area contributed by atoms with Gasteiger partial charge < -0.3 is 19.8 Å². The SMILES string of the molecule is CCOC(=O)C(Cc1cc2ccccc2[nH]c1=O)NC(=O)c1ccc(OC)cc1. The van der Waals surface area contributed by atoms with Crippen LogP contribution in [0.1, 0.15) is 22.8 Å². The summed E-state index contributed by atoms with van der Waals surface area (Å²) >= 11 is 0. The molecule has 1 unspecified atom stereocenters. The van der Waals surface area contributed by atoms with Gasteiger partial charge in [-0.15, -0.1) is 0 Å². The van der Waals surface area contributed by atoms with Gasteiger partial charge in [-0.05, 0) is 48.7 Å². The van der Waals surface area contributed by atoms with Crippen molar-refractivity contribution in [1.29, 1.82) is 0 Å². The number of fused-ring (bicyclic) bond motifs is 1. The first-order chi connectivity index (χ1) is 14.0. The second kappa shape index (κ2) is 9.05. The number of nitrogens with one attached hydrogen (secondary N) is 2. The molecule has 0 fully saturated rings. The van der Waals surface area contributed by atoms with E-state index in [2.05, 4.69) is 10.3 Å². The van der Waals surface area contributed by atoms with E-state index < -0.39 is 17.9 Å². The van der Waals surface area contributed by atoms with E-state index in [0.29, 0.717) is 22.4 Å². The van der Waals surface area contributed by atoms with Gasteiger partial charge in [0.2, 0.25) is 0 Å². The van der Waals surface area contributed by atoms with E-state index in [4.69, 9.17) is 9.47 Å². The lowest BCUT2D eigenvalue weighted by Gasteiger charge is -2.17. The standard InChI is InChI=1S/C22H22N2O5/c1-3-29-22(27)19(24-20(25)14-8-10-17(28-2)11-9-14)13-16-12-15-6-4-5-7-18(15)23-21(16)26/h4-12,19H,3,13H2,1-2H3,(H,23,26)(H,24,25). The maximum Gasteiger partial charge on any atom is 0.328 e. The number of hydrogen-bond acceptors (Lipinski definition) is 5. The number of carbonyl (C=O) groups is 2. The minimum atomic E-state index is -0.994. The summed E-state index contributed by atoms with van der Waals surface area (Å²) in [6, 6.07) is 14.6. The largest absolute Gasteiger partial charge is 0.497 e. The number of methoxy groups -OCH3 is 1. The first kappa shape index (κ1) is 20.1. The Morgan fingerprint density at radius 2 is 1.83 bits per heavy atom. The number of para-hydroxylation sites is 1. The maximum absolute atomic E-state index is 12.6. The van der Waals surface area contributed by atoms with Crippen molar-refractivity contribution in [2.75, 3.05) is 13.7 Å². The van der Waals surface area contributed by atoms with E-state index in [1.165, 1.54) is 7.11 Å². The van der Waals surface area contributed by atoms with Crippen LogP contribution in [0.5, 0.6) is 5.75 Å². The molecule has 0 saturated carbocycles. The van der Waals surface area contributed by atoms with Crippen LogP contribution < -0.4 is 15.6 Å². The van der Waals surface area contributed by atoms with Crippen molar-refractivity contribution in [3.8, 4) is 5.75 Å². The van der Waals surface area contributed by atoms with Gasteiger partial charge in [0.1, 0.15) is 11.8 Å². The molecule has 1 heterocycles. The van der Waals surface area contributed by atoms with Gasteiger partial charge in [-0.3, -0.25) is 9.59 Å². The lowest BCUT2D eigenvalue weighted by Crippen LogP contribution is -2.44. The lowest BCUT2D eigenvalue weighted by atomic mass is 10.0. The van der Waals surface area contributed by atoms with Gasteiger partial charge in [-0.1, -0.05) is 18.2 Å². The van der Waals surface area contributed by atoms with Crippen molar-refractivity contribution in [2.24, 2.45) is 0 Å². The molecule has 0 bridgehead atoms. The highest BCUT2D eigenvalue weighted by Gasteiger charge is 2.24. The maximum atomic E-state index is 12.6. The second-order valence-electron chi connectivity index (χ2n) is 6.42. The molecular weight excluding hydrogens is 372 g/mol. The fourth-order valence-corrected chi connectivity index (χ4v) is 2.98. The van der Waals surface area contributed by atoms with Crippen molar-refractivity contribution in [3.05, 3.63) is 76.1 Å². The molecule has 0 aliphatic rings. The molecule has 2 N–H and O–H groups in total. The number of amides is 1. The average molecular weight is 394 g/mol.